The highest BCUT2D eigenvalue weighted by atomic mass is 79.9. The minimum absolute atomic E-state index is 0.230. The number of hydrogen-bond acceptors (Lipinski definition) is 3. The first-order valence-electron chi connectivity index (χ1n) is 5.03. The van der Waals surface area contributed by atoms with Gasteiger partial charge in [-0.15, -0.1) is 0 Å². The van der Waals surface area contributed by atoms with Gasteiger partial charge in [0, 0.05) is 16.1 Å². The van der Waals surface area contributed by atoms with Crippen LogP contribution in [0.1, 0.15) is 12.5 Å². The number of benzene rings is 1. The summed E-state index contributed by atoms with van der Waals surface area (Å²) in [6, 6.07) is 4.32. The van der Waals surface area contributed by atoms with E-state index in [-0.39, 0.29) is 5.56 Å². The minimum Gasteiger partial charge on any atom is -0.449 e. The number of halogens is 2. The van der Waals surface area contributed by atoms with Gasteiger partial charge in [-0.2, -0.15) is 0 Å². The lowest BCUT2D eigenvalue weighted by Crippen LogP contribution is -2.29. The summed E-state index contributed by atoms with van der Waals surface area (Å²) < 4.78 is 18.7. The Bertz CT molecular complexity index is 502. The van der Waals surface area contributed by atoms with E-state index in [4.69, 9.17) is 5.73 Å². The predicted octanol–water partition coefficient (Wildman–Crippen LogP) is 2.02. The number of ether oxygens (including phenoxy) is 1. The summed E-state index contributed by atoms with van der Waals surface area (Å²) in [5.74, 6) is -1.98. The second-order valence-corrected chi connectivity index (χ2v) is 4.40. The molecule has 0 saturated heterocycles. The SMILES string of the molecule is C[C@H](OC(=O)/C=C/c1cc(Br)ccc1F)C(N)=O. The van der Waals surface area contributed by atoms with Gasteiger partial charge in [-0.3, -0.25) is 4.79 Å². The Morgan fingerprint density at radius 3 is 2.78 bits per heavy atom. The summed E-state index contributed by atoms with van der Waals surface area (Å²) in [6.45, 7) is 1.35. The Balaban J connectivity index is 2.72. The lowest BCUT2D eigenvalue weighted by molar-refractivity contribution is -0.148. The molecular weight excluding hydrogens is 305 g/mol. The highest BCUT2D eigenvalue weighted by molar-refractivity contribution is 9.10. The Morgan fingerprint density at radius 1 is 1.50 bits per heavy atom. The topological polar surface area (TPSA) is 69.4 Å². The van der Waals surface area contributed by atoms with E-state index in [1.807, 2.05) is 0 Å². The van der Waals surface area contributed by atoms with Crippen molar-refractivity contribution < 1.29 is 18.7 Å². The first-order chi connectivity index (χ1) is 8.40. The second kappa shape index (κ2) is 6.30. The average Bonchev–Trinajstić information content (AvgIpc) is 2.30. The number of esters is 1. The van der Waals surface area contributed by atoms with Crippen LogP contribution in [0.3, 0.4) is 0 Å². The number of amides is 1. The standard InChI is InChI=1S/C12H11BrFNO3/c1-7(12(15)17)18-11(16)5-2-8-6-9(13)3-4-10(8)14/h2-7H,1H3,(H2,15,17)/b5-2+/t7-/m0/s1. The van der Waals surface area contributed by atoms with Gasteiger partial charge in [-0.05, 0) is 31.2 Å². The van der Waals surface area contributed by atoms with Gasteiger partial charge >= 0.3 is 5.97 Å². The molecule has 0 bridgehead atoms. The molecule has 0 aliphatic rings. The first-order valence-corrected chi connectivity index (χ1v) is 5.82. The maximum absolute atomic E-state index is 13.3. The van der Waals surface area contributed by atoms with Crippen molar-refractivity contribution in [3.05, 3.63) is 40.1 Å². The van der Waals surface area contributed by atoms with Crippen molar-refractivity contribution in [2.24, 2.45) is 5.73 Å². The molecule has 6 heteroatoms. The highest BCUT2D eigenvalue weighted by Gasteiger charge is 2.12. The summed E-state index contributed by atoms with van der Waals surface area (Å²) in [7, 11) is 0. The van der Waals surface area contributed by atoms with Gasteiger partial charge in [-0.1, -0.05) is 15.9 Å². The molecule has 1 rings (SSSR count). The molecule has 0 fully saturated rings. The molecule has 1 aromatic carbocycles. The number of carbonyl (C=O) groups excluding carboxylic acids is 2. The average molecular weight is 316 g/mol. The zero-order valence-electron chi connectivity index (χ0n) is 9.52. The maximum atomic E-state index is 13.3. The van der Waals surface area contributed by atoms with Gasteiger partial charge in [0.25, 0.3) is 5.91 Å². The normalized spacial score (nSPS) is 12.4. The van der Waals surface area contributed by atoms with E-state index in [0.717, 1.165) is 6.08 Å². The van der Waals surface area contributed by atoms with E-state index in [0.29, 0.717) is 4.47 Å². The van der Waals surface area contributed by atoms with Gasteiger partial charge in [0.1, 0.15) is 5.82 Å². The lowest BCUT2D eigenvalue weighted by Gasteiger charge is -2.06. The molecule has 0 aliphatic carbocycles. The summed E-state index contributed by atoms with van der Waals surface area (Å²) in [5, 5.41) is 0. The van der Waals surface area contributed by atoms with E-state index in [2.05, 4.69) is 20.7 Å². The Morgan fingerprint density at radius 2 is 2.17 bits per heavy atom. The zero-order valence-corrected chi connectivity index (χ0v) is 11.1. The van der Waals surface area contributed by atoms with Crippen LogP contribution in [0.25, 0.3) is 6.08 Å². The Kier molecular flexibility index (Phi) is 5.03. The molecule has 1 atom stereocenters. The Hall–Kier alpha value is -1.69. The molecule has 1 amide bonds. The van der Waals surface area contributed by atoms with E-state index < -0.39 is 23.8 Å². The van der Waals surface area contributed by atoms with Crippen molar-refractivity contribution in [3.63, 3.8) is 0 Å². The number of carbonyl (C=O) groups is 2. The predicted molar refractivity (Wildman–Crippen MR) is 67.9 cm³/mol. The monoisotopic (exact) mass is 315 g/mol. The van der Waals surface area contributed by atoms with Crippen LogP contribution in [0.2, 0.25) is 0 Å². The maximum Gasteiger partial charge on any atom is 0.331 e. The van der Waals surface area contributed by atoms with Gasteiger partial charge in [-0.25, -0.2) is 9.18 Å². The molecule has 2 N–H and O–H groups in total. The molecule has 0 heterocycles. The third-order valence-corrected chi connectivity index (χ3v) is 2.54. The van der Waals surface area contributed by atoms with Crippen molar-refractivity contribution in [1.82, 2.24) is 0 Å². The minimum atomic E-state index is -1.02. The van der Waals surface area contributed by atoms with Crippen molar-refractivity contribution in [1.29, 1.82) is 0 Å². The molecular formula is C12H11BrFNO3. The van der Waals surface area contributed by atoms with Crippen molar-refractivity contribution in [3.8, 4) is 0 Å². The van der Waals surface area contributed by atoms with Crippen molar-refractivity contribution in [2.75, 3.05) is 0 Å². The summed E-state index contributed by atoms with van der Waals surface area (Å²) in [4.78, 5) is 21.9. The molecule has 1 aromatic rings. The lowest BCUT2D eigenvalue weighted by atomic mass is 10.2. The number of hydrogen-bond donors (Lipinski definition) is 1. The van der Waals surface area contributed by atoms with Crippen molar-refractivity contribution >= 4 is 33.9 Å². The van der Waals surface area contributed by atoms with E-state index in [1.54, 1.807) is 6.07 Å². The molecule has 0 aromatic heterocycles. The van der Waals surface area contributed by atoms with E-state index in [1.165, 1.54) is 25.1 Å². The summed E-state index contributed by atoms with van der Waals surface area (Å²) >= 11 is 3.18. The molecule has 0 aliphatic heterocycles. The highest BCUT2D eigenvalue weighted by Crippen LogP contribution is 2.16. The second-order valence-electron chi connectivity index (χ2n) is 3.48. The van der Waals surface area contributed by atoms with Crippen LogP contribution in [-0.2, 0) is 14.3 Å². The zero-order chi connectivity index (χ0) is 13.7. The fourth-order valence-electron chi connectivity index (χ4n) is 1.07. The summed E-state index contributed by atoms with van der Waals surface area (Å²) in [6.07, 6.45) is 1.27. The van der Waals surface area contributed by atoms with Crippen LogP contribution in [0.5, 0.6) is 0 Å². The smallest absolute Gasteiger partial charge is 0.331 e. The quantitative estimate of drug-likeness (QED) is 0.682. The third-order valence-electron chi connectivity index (χ3n) is 2.05. The van der Waals surface area contributed by atoms with Gasteiger partial charge in [0.15, 0.2) is 6.10 Å². The van der Waals surface area contributed by atoms with Crippen LogP contribution < -0.4 is 5.73 Å². The van der Waals surface area contributed by atoms with Crippen LogP contribution in [0.4, 0.5) is 4.39 Å². The van der Waals surface area contributed by atoms with E-state index in [9.17, 15) is 14.0 Å². The molecule has 0 saturated carbocycles. The van der Waals surface area contributed by atoms with Crippen LogP contribution >= 0.6 is 15.9 Å². The van der Waals surface area contributed by atoms with Crippen LogP contribution in [0, 0.1) is 5.82 Å². The first kappa shape index (κ1) is 14.4. The summed E-state index contributed by atoms with van der Waals surface area (Å²) in [5.41, 5.74) is 5.16. The van der Waals surface area contributed by atoms with Gasteiger partial charge in [0.05, 0.1) is 0 Å². The van der Waals surface area contributed by atoms with Crippen molar-refractivity contribution in [2.45, 2.75) is 13.0 Å². The molecule has 18 heavy (non-hydrogen) atoms. The fraction of sp³-hybridized carbons (Fsp3) is 0.167. The number of rotatable bonds is 4. The molecule has 96 valence electrons. The largest absolute Gasteiger partial charge is 0.449 e. The van der Waals surface area contributed by atoms with Crippen LogP contribution in [0.15, 0.2) is 28.7 Å². The van der Waals surface area contributed by atoms with Crippen LogP contribution in [-0.4, -0.2) is 18.0 Å². The third kappa shape index (κ3) is 4.29. The number of primary amides is 1. The van der Waals surface area contributed by atoms with E-state index >= 15 is 0 Å². The van der Waals surface area contributed by atoms with Gasteiger partial charge < -0.3 is 10.5 Å². The molecule has 0 unspecified atom stereocenters. The fourth-order valence-corrected chi connectivity index (χ4v) is 1.45. The van der Waals surface area contributed by atoms with Gasteiger partial charge in [0.2, 0.25) is 0 Å². The number of nitrogens with two attached hydrogens (primary N) is 1. The molecule has 0 radical (unpaired) electrons. The molecule has 4 nitrogen and oxygen atoms in total. The molecule has 0 spiro atoms. The Labute approximate surface area is 112 Å².